The van der Waals surface area contributed by atoms with Crippen LogP contribution in [0.4, 0.5) is 5.69 Å². The quantitative estimate of drug-likeness (QED) is 0.607. The van der Waals surface area contributed by atoms with Crippen LogP contribution in [0.1, 0.15) is 36.1 Å². The van der Waals surface area contributed by atoms with E-state index in [1.165, 1.54) is 37.9 Å². The molecule has 1 aromatic heterocycles. The van der Waals surface area contributed by atoms with Crippen LogP contribution in [0.25, 0.3) is 0 Å². The Morgan fingerprint density at radius 3 is 2.71 bits per heavy atom. The van der Waals surface area contributed by atoms with Crippen LogP contribution in [0, 0.1) is 6.92 Å². The Labute approximate surface area is 185 Å². The molecule has 2 aliphatic rings. The number of aromatic nitrogens is 1. The molecule has 0 saturated carbocycles. The van der Waals surface area contributed by atoms with Crippen molar-refractivity contribution in [1.29, 1.82) is 0 Å². The Morgan fingerprint density at radius 1 is 1.06 bits per heavy atom. The molecule has 4 rings (SSSR count). The number of rotatable bonds is 8. The van der Waals surface area contributed by atoms with Gasteiger partial charge in [-0.3, -0.25) is 9.89 Å². The number of hydrogen-bond donors (Lipinski definition) is 0. The third kappa shape index (κ3) is 6.77. The van der Waals surface area contributed by atoms with Gasteiger partial charge in [0.25, 0.3) is 0 Å². The standard InChI is InChI=1S/C25H34N4O2/c1-21-6-5-7-22(16-21)19-26-20-23-17-24(29-11-13-30-14-12-29)18-25(27-23)31-15-10-28-8-3-2-4-9-28/h5-7,16-19H,2-4,8-15,20H2,1H3. The van der Waals surface area contributed by atoms with Gasteiger partial charge in [0.2, 0.25) is 5.88 Å². The van der Waals surface area contributed by atoms with Crippen LogP contribution < -0.4 is 9.64 Å². The molecule has 0 unspecified atom stereocenters. The third-order valence-corrected chi connectivity index (χ3v) is 5.86. The maximum absolute atomic E-state index is 6.10. The molecule has 2 aromatic rings. The van der Waals surface area contributed by atoms with Crippen molar-refractivity contribution in [2.45, 2.75) is 32.7 Å². The summed E-state index contributed by atoms with van der Waals surface area (Å²) in [6.45, 7) is 9.94. The minimum Gasteiger partial charge on any atom is -0.476 e. The molecule has 2 saturated heterocycles. The molecule has 0 aliphatic carbocycles. The van der Waals surface area contributed by atoms with Gasteiger partial charge in [0.15, 0.2) is 0 Å². The molecule has 1 aromatic carbocycles. The van der Waals surface area contributed by atoms with Crippen molar-refractivity contribution in [3.8, 4) is 5.88 Å². The molecule has 0 N–H and O–H groups in total. The first kappa shape index (κ1) is 21.8. The van der Waals surface area contributed by atoms with Crippen molar-refractivity contribution in [2.24, 2.45) is 4.99 Å². The predicted molar refractivity (Wildman–Crippen MR) is 126 cm³/mol. The maximum Gasteiger partial charge on any atom is 0.215 e. The minimum atomic E-state index is 0.536. The largest absolute Gasteiger partial charge is 0.476 e. The maximum atomic E-state index is 6.10. The summed E-state index contributed by atoms with van der Waals surface area (Å²) in [6, 6.07) is 12.6. The number of hydrogen-bond acceptors (Lipinski definition) is 6. The number of pyridine rings is 1. The molecule has 0 radical (unpaired) electrons. The topological polar surface area (TPSA) is 50.2 Å². The van der Waals surface area contributed by atoms with Gasteiger partial charge in [-0.2, -0.15) is 0 Å². The monoisotopic (exact) mass is 422 g/mol. The van der Waals surface area contributed by atoms with E-state index < -0.39 is 0 Å². The Kier molecular flexibility index (Phi) is 7.91. The van der Waals surface area contributed by atoms with E-state index in [1.54, 1.807) is 0 Å². The van der Waals surface area contributed by atoms with Crippen molar-refractivity contribution in [2.75, 3.05) is 57.4 Å². The molecular weight excluding hydrogens is 388 g/mol. The molecule has 166 valence electrons. The lowest BCUT2D eigenvalue weighted by Gasteiger charge is -2.29. The molecule has 2 fully saturated rings. The molecule has 6 nitrogen and oxygen atoms in total. The summed E-state index contributed by atoms with van der Waals surface area (Å²) in [4.78, 5) is 14.2. The Hall–Kier alpha value is -2.44. The zero-order valence-electron chi connectivity index (χ0n) is 18.6. The summed E-state index contributed by atoms with van der Waals surface area (Å²) in [5.74, 6) is 0.696. The van der Waals surface area contributed by atoms with E-state index in [9.17, 15) is 0 Å². The first-order chi connectivity index (χ1) is 15.3. The first-order valence-electron chi connectivity index (χ1n) is 11.5. The molecule has 31 heavy (non-hydrogen) atoms. The zero-order valence-corrected chi connectivity index (χ0v) is 18.6. The van der Waals surface area contributed by atoms with Crippen molar-refractivity contribution >= 4 is 11.9 Å². The fraction of sp³-hybridized carbons (Fsp3) is 0.520. The van der Waals surface area contributed by atoms with Crippen molar-refractivity contribution in [3.63, 3.8) is 0 Å². The number of morpholine rings is 1. The van der Waals surface area contributed by atoms with Gasteiger partial charge in [0.1, 0.15) is 6.61 Å². The van der Waals surface area contributed by atoms with Crippen molar-refractivity contribution in [3.05, 3.63) is 53.2 Å². The second-order valence-electron chi connectivity index (χ2n) is 8.39. The molecule has 0 amide bonds. The van der Waals surface area contributed by atoms with E-state index in [4.69, 9.17) is 14.5 Å². The van der Waals surface area contributed by atoms with E-state index in [1.807, 2.05) is 6.21 Å². The van der Waals surface area contributed by atoms with Crippen LogP contribution in [-0.2, 0) is 11.3 Å². The lowest BCUT2D eigenvalue weighted by atomic mass is 10.1. The van der Waals surface area contributed by atoms with E-state index in [0.29, 0.717) is 19.0 Å². The highest BCUT2D eigenvalue weighted by molar-refractivity contribution is 5.79. The van der Waals surface area contributed by atoms with Gasteiger partial charge in [0, 0.05) is 37.6 Å². The summed E-state index contributed by atoms with van der Waals surface area (Å²) in [5, 5.41) is 0. The number of nitrogens with zero attached hydrogens (tertiary/aromatic N) is 4. The minimum absolute atomic E-state index is 0.536. The SMILES string of the molecule is Cc1cccc(C=NCc2cc(N3CCOCC3)cc(OCCN3CCCCC3)n2)c1. The number of likely N-dealkylation sites (tertiary alicyclic amines) is 1. The zero-order chi connectivity index (χ0) is 21.3. The highest BCUT2D eigenvalue weighted by Gasteiger charge is 2.15. The number of ether oxygens (including phenoxy) is 2. The van der Waals surface area contributed by atoms with E-state index in [-0.39, 0.29) is 0 Å². The molecular formula is C25H34N4O2. The molecule has 0 atom stereocenters. The second-order valence-corrected chi connectivity index (χ2v) is 8.39. The summed E-state index contributed by atoms with van der Waals surface area (Å²) in [5.41, 5.74) is 4.43. The lowest BCUT2D eigenvalue weighted by Crippen LogP contribution is -2.36. The van der Waals surface area contributed by atoms with Gasteiger partial charge in [-0.25, -0.2) is 4.98 Å². The van der Waals surface area contributed by atoms with Gasteiger partial charge in [-0.05, 0) is 44.5 Å². The smallest absolute Gasteiger partial charge is 0.215 e. The van der Waals surface area contributed by atoms with Crippen LogP contribution in [0.3, 0.4) is 0 Å². The lowest BCUT2D eigenvalue weighted by molar-refractivity contribution is 0.122. The first-order valence-corrected chi connectivity index (χ1v) is 11.5. The van der Waals surface area contributed by atoms with Crippen LogP contribution >= 0.6 is 0 Å². The van der Waals surface area contributed by atoms with Crippen LogP contribution in [0.15, 0.2) is 41.4 Å². The Balaban J connectivity index is 1.43. The third-order valence-electron chi connectivity index (χ3n) is 5.86. The van der Waals surface area contributed by atoms with Gasteiger partial charge >= 0.3 is 0 Å². The average molecular weight is 423 g/mol. The predicted octanol–water partition coefficient (Wildman–Crippen LogP) is 3.71. The summed E-state index contributed by atoms with van der Waals surface area (Å²) in [6.07, 6.45) is 5.88. The number of aryl methyl sites for hydroxylation is 1. The van der Waals surface area contributed by atoms with Crippen LogP contribution in [-0.4, -0.2) is 68.6 Å². The molecule has 0 spiro atoms. The highest BCUT2D eigenvalue weighted by Crippen LogP contribution is 2.23. The summed E-state index contributed by atoms with van der Waals surface area (Å²) < 4.78 is 11.6. The van der Waals surface area contributed by atoms with Crippen molar-refractivity contribution in [1.82, 2.24) is 9.88 Å². The number of benzene rings is 1. The van der Waals surface area contributed by atoms with Gasteiger partial charge in [0.05, 0.1) is 25.5 Å². The fourth-order valence-electron chi connectivity index (χ4n) is 4.16. The van der Waals surface area contributed by atoms with Crippen molar-refractivity contribution < 1.29 is 9.47 Å². The molecule has 0 bridgehead atoms. The van der Waals surface area contributed by atoms with Crippen LogP contribution in [0.2, 0.25) is 0 Å². The summed E-state index contributed by atoms with van der Waals surface area (Å²) in [7, 11) is 0. The summed E-state index contributed by atoms with van der Waals surface area (Å²) >= 11 is 0. The Morgan fingerprint density at radius 2 is 1.90 bits per heavy atom. The van der Waals surface area contributed by atoms with E-state index in [0.717, 1.165) is 49.8 Å². The molecule has 6 heteroatoms. The van der Waals surface area contributed by atoms with Crippen LogP contribution in [0.5, 0.6) is 5.88 Å². The fourth-order valence-corrected chi connectivity index (χ4v) is 4.16. The van der Waals surface area contributed by atoms with Gasteiger partial charge < -0.3 is 14.4 Å². The van der Waals surface area contributed by atoms with Gasteiger partial charge in [-0.15, -0.1) is 0 Å². The molecule has 3 heterocycles. The average Bonchev–Trinajstić information content (AvgIpc) is 2.80. The second kappa shape index (κ2) is 11.3. The van der Waals surface area contributed by atoms with Gasteiger partial charge in [-0.1, -0.05) is 36.2 Å². The number of anilines is 1. The normalized spacial score (nSPS) is 17.9. The molecule has 2 aliphatic heterocycles. The number of piperidine rings is 1. The highest BCUT2D eigenvalue weighted by atomic mass is 16.5. The Bertz CT molecular complexity index is 858. The van der Waals surface area contributed by atoms with E-state index >= 15 is 0 Å². The number of aliphatic imine (C=N–C) groups is 1. The van der Waals surface area contributed by atoms with E-state index in [2.05, 4.69) is 58.1 Å².